The summed E-state index contributed by atoms with van der Waals surface area (Å²) in [4.78, 5) is 26.4. The molecule has 1 unspecified atom stereocenters. The summed E-state index contributed by atoms with van der Waals surface area (Å²) < 4.78 is 10.9. The predicted molar refractivity (Wildman–Crippen MR) is 101 cm³/mol. The Labute approximate surface area is 158 Å². The van der Waals surface area contributed by atoms with Gasteiger partial charge in [0, 0.05) is 13.1 Å². The van der Waals surface area contributed by atoms with Crippen LogP contribution in [-0.2, 0) is 9.47 Å². The minimum atomic E-state index is -0.540. The number of unbranched alkanes of at least 4 members (excludes halogenated alkanes) is 1. The van der Waals surface area contributed by atoms with Gasteiger partial charge >= 0.3 is 12.2 Å². The van der Waals surface area contributed by atoms with Crippen LogP contribution in [0.2, 0.25) is 0 Å². The number of ether oxygens (including phenoxy) is 2. The van der Waals surface area contributed by atoms with E-state index < -0.39 is 11.7 Å². The molecule has 0 saturated heterocycles. The highest BCUT2D eigenvalue weighted by Gasteiger charge is 2.32. The molecular formula is C20H36N2O4. The summed E-state index contributed by atoms with van der Waals surface area (Å²) >= 11 is 0. The van der Waals surface area contributed by atoms with Crippen LogP contribution in [0.4, 0.5) is 9.59 Å². The molecule has 2 fully saturated rings. The lowest BCUT2D eigenvalue weighted by Crippen LogP contribution is -2.43. The Morgan fingerprint density at radius 2 is 1.69 bits per heavy atom. The van der Waals surface area contributed by atoms with Crippen molar-refractivity contribution < 1.29 is 19.1 Å². The van der Waals surface area contributed by atoms with Crippen LogP contribution in [-0.4, -0.2) is 48.4 Å². The van der Waals surface area contributed by atoms with Crippen LogP contribution in [0.5, 0.6) is 0 Å². The zero-order valence-electron chi connectivity index (χ0n) is 16.9. The highest BCUT2D eigenvalue weighted by molar-refractivity contribution is 5.69. The van der Waals surface area contributed by atoms with E-state index in [1.807, 2.05) is 25.7 Å². The molecule has 0 aliphatic heterocycles. The first-order chi connectivity index (χ1) is 12.3. The van der Waals surface area contributed by atoms with Crippen molar-refractivity contribution in [2.45, 2.75) is 84.3 Å². The summed E-state index contributed by atoms with van der Waals surface area (Å²) in [6.07, 6.45) is 6.93. The van der Waals surface area contributed by atoms with Crippen LogP contribution in [0.3, 0.4) is 0 Å². The van der Waals surface area contributed by atoms with E-state index in [1.54, 1.807) is 0 Å². The molecular weight excluding hydrogens is 332 g/mol. The van der Waals surface area contributed by atoms with Gasteiger partial charge in [0.25, 0.3) is 0 Å². The molecule has 150 valence electrons. The van der Waals surface area contributed by atoms with Crippen molar-refractivity contribution in [3.05, 3.63) is 0 Å². The summed E-state index contributed by atoms with van der Waals surface area (Å²) in [7, 11) is 0. The van der Waals surface area contributed by atoms with Crippen molar-refractivity contribution >= 4 is 12.2 Å². The van der Waals surface area contributed by atoms with Crippen molar-refractivity contribution in [2.75, 3.05) is 19.7 Å². The first-order valence-electron chi connectivity index (χ1n) is 10.2. The second-order valence-corrected chi connectivity index (χ2v) is 8.85. The van der Waals surface area contributed by atoms with Crippen LogP contribution in [0, 0.1) is 11.8 Å². The molecule has 2 aliphatic rings. The number of hydrogen-bond donors (Lipinski definition) is 1. The normalized spacial score (nSPS) is 18.2. The van der Waals surface area contributed by atoms with Gasteiger partial charge in [-0.3, -0.25) is 0 Å². The average Bonchev–Trinajstić information content (AvgIpc) is 3.42. The van der Waals surface area contributed by atoms with Crippen LogP contribution >= 0.6 is 0 Å². The van der Waals surface area contributed by atoms with Gasteiger partial charge in [-0.25, -0.2) is 9.59 Å². The van der Waals surface area contributed by atoms with E-state index in [0.29, 0.717) is 11.8 Å². The number of rotatable bonds is 10. The van der Waals surface area contributed by atoms with Gasteiger partial charge in [-0.2, -0.15) is 0 Å². The number of hydrogen-bond acceptors (Lipinski definition) is 4. The molecule has 6 heteroatoms. The van der Waals surface area contributed by atoms with Gasteiger partial charge in [-0.15, -0.1) is 0 Å². The molecule has 0 aromatic heterocycles. The fourth-order valence-corrected chi connectivity index (χ4v) is 2.83. The predicted octanol–water partition coefficient (Wildman–Crippen LogP) is 4.33. The second kappa shape index (κ2) is 9.47. The molecule has 0 radical (unpaired) electrons. The number of nitrogens with zero attached hydrogens (tertiary/aromatic N) is 1. The van der Waals surface area contributed by atoms with E-state index in [-0.39, 0.29) is 18.7 Å². The van der Waals surface area contributed by atoms with Crippen molar-refractivity contribution in [3.63, 3.8) is 0 Å². The van der Waals surface area contributed by atoms with Gasteiger partial charge in [-0.05, 0) is 64.7 Å². The molecule has 2 rings (SSSR count). The first kappa shape index (κ1) is 20.8. The lowest BCUT2D eigenvalue weighted by atomic mass is 10.1. The third-order valence-corrected chi connectivity index (χ3v) is 4.64. The third kappa shape index (κ3) is 8.77. The summed E-state index contributed by atoms with van der Waals surface area (Å²) in [6, 6.07) is -0.211. The SMILES string of the molecule is CCCCC(COC(=O)N(CC1CC1)CC1CC1)NC(=O)OC(C)(C)C. The summed E-state index contributed by atoms with van der Waals surface area (Å²) in [5.74, 6) is 1.30. The molecule has 2 saturated carbocycles. The molecule has 0 aromatic carbocycles. The number of carbonyl (C=O) groups is 2. The van der Waals surface area contributed by atoms with Crippen LogP contribution in [0.1, 0.15) is 72.6 Å². The topological polar surface area (TPSA) is 67.9 Å². The van der Waals surface area contributed by atoms with E-state index in [4.69, 9.17) is 9.47 Å². The van der Waals surface area contributed by atoms with Gasteiger partial charge in [0.2, 0.25) is 0 Å². The zero-order chi connectivity index (χ0) is 19.2. The van der Waals surface area contributed by atoms with Crippen molar-refractivity contribution in [2.24, 2.45) is 11.8 Å². The highest BCUT2D eigenvalue weighted by Crippen LogP contribution is 2.34. The lowest BCUT2D eigenvalue weighted by Gasteiger charge is -2.26. The van der Waals surface area contributed by atoms with E-state index in [0.717, 1.165) is 32.4 Å². The molecule has 1 N–H and O–H groups in total. The number of amides is 2. The van der Waals surface area contributed by atoms with Crippen LogP contribution in [0.15, 0.2) is 0 Å². The Kier molecular flexibility index (Phi) is 7.59. The summed E-state index contributed by atoms with van der Waals surface area (Å²) in [5.41, 5.74) is -0.540. The molecule has 2 aliphatic carbocycles. The number of nitrogens with one attached hydrogen (secondary N) is 1. The smallest absolute Gasteiger partial charge is 0.409 e. The fourth-order valence-electron chi connectivity index (χ4n) is 2.83. The van der Waals surface area contributed by atoms with Gasteiger partial charge < -0.3 is 19.7 Å². The van der Waals surface area contributed by atoms with Crippen LogP contribution < -0.4 is 5.32 Å². The van der Waals surface area contributed by atoms with E-state index in [1.165, 1.54) is 25.7 Å². The van der Waals surface area contributed by atoms with Crippen LogP contribution in [0.25, 0.3) is 0 Å². The van der Waals surface area contributed by atoms with E-state index >= 15 is 0 Å². The van der Waals surface area contributed by atoms with Crippen molar-refractivity contribution in [1.82, 2.24) is 10.2 Å². The van der Waals surface area contributed by atoms with Gasteiger partial charge in [-0.1, -0.05) is 19.8 Å². The Morgan fingerprint density at radius 3 is 2.15 bits per heavy atom. The third-order valence-electron chi connectivity index (χ3n) is 4.64. The fraction of sp³-hybridized carbons (Fsp3) is 0.900. The van der Waals surface area contributed by atoms with Gasteiger partial charge in [0.15, 0.2) is 0 Å². The monoisotopic (exact) mass is 368 g/mol. The Balaban J connectivity index is 1.80. The standard InChI is InChI=1S/C20H36N2O4/c1-5-6-7-17(21-18(23)26-20(2,3)4)14-25-19(24)22(12-15-8-9-15)13-16-10-11-16/h15-17H,5-14H2,1-4H3,(H,21,23). The number of alkyl carbamates (subject to hydrolysis) is 1. The first-order valence-corrected chi connectivity index (χ1v) is 10.2. The van der Waals surface area contributed by atoms with Gasteiger partial charge in [0.1, 0.15) is 12.2 Å². The number of carbonyl (C=O) groups excluding carboxylic acids is 2. The average molecular weight is 369 g/mol. The maximum Gasteiger partial charge on any atom is 0.409 e. The highest BCUT2D eigenvalue weighted by atomic mass is 16.6. The minimum absolute atomic E-state index is 0.198. The zero-order valence-corrected chi connectivity index (χ0v) is 16.9. The van der Waals surface area contributed by atoms with Gasteiger partial charge in [0.05, 0.1) is 6.04 Å². The molecule has 6 nitrogen and oxygen atoms in total. The molecule has 0 aromatic rings. The lowest BCUT2D eigenvalue weighted by molar-refractivity contribution is 0.0444. The molecule has 2 amide bonds. The largest absolute Gasteiger partial charge is 0.447 e. The second-order valence-electron chi connectivity index (χ2n) is 8.85. The molecule has 26 heavy (non-hydrogen) atoms. The summed E-state index contributed by atoms with van der Waals surface area (Å²) in [5, 5.41) is 2.85. The molecule has 0 heterocycles. The van der Waals surface area contributed by atoms with E-state index in [9.17, 15) is 9.59 Å². The van der Waals surface area contributed by atoms with Crippen molar-refractivity contribution in [3.8, 4) is 0 Å². The van der Waals surface area contributed by atoms with Crippen molar-refractivity contribution in [1.29, 1.82) is 0 Å². The molecule has 0 spiro atoms. The molecule has 0 bridgehead atoms. The molecule has 1 atom stereocenters. The Hall–Kier alpha value is -1.46. The minimum Gasteiger partial charge on any atom is -0.447 e. The van der Waals surface area contributed by atoms with E-state index in [2.05, 4.69) is 12.2 Å². The summed E-state index contributed by atoms with van der Waals surface area (Å²) in [6.45, 7) is 9.43. The Morgan fingerprint density at radius 1 is 1.12 bits per heavy atom. The maximum absolute atomic E-state index is 12.5. The quantitative estimate of drug-likeness (QED) is 0.623. The Bertz CT molecular complexity index is 453. The maximum atomic E-state index is 12.5.